The van der Waals surface area contributed by atoms with E-state index in [1.807, 2.05) is 61.5 Å². The van der Waals surface area contributed by atoms with Crippen molar-refractivity contribution >= 4 is 28.3 Å². The highest BCUT2D eigenvalue weighted by Gasteiger charge is 2.11. The first-order chi connectivity index (χ1) is 12.0. The molecule has 25 heavy (non-hydrogen) atoms. The summed E-state index contributed by atoms with van der Waals surface area (Å²) in [6, 6.07) is 14.7. The fourth-order valence-corrected chi connectivity index (χ4v) is 2.71. The number of hydrogen-bond acceptors (Lipinski definition) is 4. The molecule has 0 aliphatic heterocycles. The molecule has 3 aromatic rings. The van der Waals surface area contributed by atoms with Crippen molar-refractivity contribution in [3.8, 4) is 0 Å². The van der Waals surface area contributed by atoms with Crippen LogP contribution in [-0.4, -0.2) is 36.0 Å². The SMILES string of the molecule is CN(C)c1ccc(C(=O)Cc2ccc3[nH]c(C(=O)NO)cc3c2)cc1. The van der Waals surface area contributed by atoms with Gasteiger partial charge in [0.1, 0.15) is 5.69 Å². The standard InChI is InChI=1S/C19H19N3O3/c1-22(2)15-6-4-13(5-7-15)18(23)10-12-3-8-16-14(9-12)11-17(20-16)19(24)21-25/h3-9,11,20,25H,10H2,1-2H3,(H,21,24). The summed E-state index contributed by atoms with van der Waals surface area (Å²) >= 11 is 0. The van der Waals surface area contributed by atoms with E-state index >= 15 is 0 Å². The van der Waals surface area contributed by atoms with E-state index < -0.39 is 5.91 Å². The summed E-state index contributed by atoms with van der Waals surface area (Å²) in [4.78, 5) is 28.8. The minimum atomic E-state index is -0.602. The Hall–Kier alpha value is -3.12. The zero-order valence-electron chi connectivity index (χ0n) is 14.0. The normalized spacial score (nSPS) is 10.7. The molecule has 0 aliphatic carbocycles. The van der Waals surface area contributed by atoms with E-state index in [1.54, 1.807) is 11.5 Å². The lowest BCUT2D eigenvalue weighted by Gasteiger charge is -2.12. The number of hydrogen-bond donors (Lipinski definition) is 3. The number of amides is 1. The molecule has 3 N–H and O–H groups in total. The molecular weight excluding hydrogens is 318 g/mol. The number of carbonyl (C=O) groups is 2. The van der Waals surface area contributed by atoms with Crippen molar-refractivity contribution in [2.24, 2.45) is 0 Å². The average Bonchev–Trinajstić information content (AvgIpc) is 3.04. The molecule has 0 fully saturated rings. The van der Waals surface area contributed by atoms with Gasteiger partial charge < -0.3 is 9.88 Å². The van der Waals surface area contributed by atoms with Crippen LogP contribution in [0, 0.1) is 0 Å². The quantitative estimate of drug-likeness (QED) is 0.380. The highest BCUT2D eigenvalue weighted by molar-refractivity contribution is 5.99. The molecule has 0 saturated heterocycles. The molecule has 3 rings (SSSR count). The molecule has 6 heteroatoms. The van der Waals surface area contributed by atoms with Gasteiger partial charge in [-0.15, -0.1) is 0 Å². The van der Waals surface area contributed by atoms with Crippen molar-refractivity contribution in [1.82, 2.24) is 10.5 Å². The first kappa shape index (κ1) is 16.7. The molecule has 0 bridgehead atoms. The molecule has 128 valence electrons. The van der Waals surface area contributed by atoms with Crippen LogP contribution in [0.15, 0.2) is 48.5 Å². The molecule has 0 atom stereocenters. The van der Waals surface area contributed by atoms with E-state index in [-0.39, 0.29) is 17.9 Å². The fraction of sp³-hybridized carbons (Fsp3) is 0.158. The third-order valence-electron chi connectivity index (χ3n) is 4.10. The number of aromatic amines is 1. The summed E-state index contributed by atoms with van der Waals surface area (Å²) < 4.78 is 0. The van der Waals surface area contributed by atoms with Crippen LogP contribution in [0.3, 0.4) is 0 Å². The van der Waals surface area contributed by atoms with Gasteiger partial charge in [0.05, 0.1) is 0 Å². The van der Waals surface area contributed by atoms with Gasteiger partial charge in [-0.2, -0.15) is 0 Å². The minimum absolute atomic E-state index is 0.0357. The van der Waals surface area contributed by atoms with Gasteiger partial charge in [0.15, 0.2) is 5.78 Å². The molecule has 0 spiro atoms. The van der Waals surface area contributed by atoms with Gasteiger partial charge in [-0.1, -0.05) is 6.07 Å². The van der Waals surface area contributed by atoms with Crippen LogP contribution in [0.2, 0.25) is 0 Å². The number of aromatic nitrogens is 1. The molecule has 6 nitrogen and oxygen atoms in total. The first-order valence-electron chi connectivity index (χ1n) is 7.84. The number of benzene rings is 2. The Balaban J connectivity index is 1.79. The predicted molar refractivity (Wildman–Crippen MR) is 96.4 cm³/mol. The van der Waals surface area contributed by atoms with Crippen molar-refractivity contribution in [1.29, 1.82) is 0 Å². The van der Waals surface area contributed by atoms with Crippen molar-refractivity contribution in [3.63, 3.8) is 0 Å². The zero-order chi connectivity index (χ0) is 18.0. The number of rotatable bonds is 5. The summed E-state index contributed by atoms with van der Waals surface area (Å²) in [5.41, 5.74) is 5.20. The summed E-state index contributed by atoms with van der Waals surface area (Å²) in [5, 5.41) is 9.51. The van der Waals surface area contributed by atoms with Crippen LogP contribution in [0.4, 0.5) is 5.69 Å². The lowest BCUT2D eigenvalue weighted by atomic mass is 10.0. The number of anilines is 1. The van der Waals surface area contributed by atoms with Gasteiger partial charge >= 0.3 is 0 Å². The number of H-pyrrole nitrogens is 1. The van der Waals surface area contributed by atoms with Crippen molar-refractivity contribution in [2.75, 3.05) is 19.0 Å². The second-order valence-corrected chi connectivity index (χ2v) is 6.09. The second-order valence-electron chi connectivity index (χ2n) is 6.09. The van der Waals surface area contributed by atoms with Crippen LogP contribution in [0.5, 0.6) is 0 Å². The number of carbonyl (C=O) groups excluding carboxylic acids is 2. The topological polar surface area (TPSA) is 85.4 Å². The highest BCUT2D eigenvalue weighted by Crippen LogP contribution is 2.19. The summed E-state index contributed by atoms with van der Waals surface area (Å²) in [5.74, 6) is -0.566. The molecule has 0 unspecified atom stereocenters. The maximum atomic E-state index is 12.5. The molecule has 0 aliphatic rings. The summed E-state index contributed by atoms with van der Waals surface area (Å²) in [6.07, 6.45) is 0.282. The van der Waals surface area contributed by atoms with E-state index in [4.69, 9.17) is 5.21 Å². The third-order valence-corrected chi connectivity index (χ3v) is 4.10. The maximum Gasteiger partial charge on any atom is 0.291 e. The van der Waals surface area contributed by atoms with Gasteiger partial charge in [0.25, 0.3) is 5.91 Å². The Kier molecular flexibility index (Phi) is 4.54. The van der Waals surface area contributed by atoms with E-state index in [2.05, 4.69) is 4.98 Å². The van der Waals surface area contributed by atoms with Crippen molar-refractivity contribution < 1.29 is 14.8 Å². The number of ketones is 1. The zero-order valence-corrected chi connectivity index (χ0v) is 14.0. The first-order valence-corrected chi connectivity index (χ1v) is 7.84. The highest BCUT2D eigenvalue weighted by atomic mass is 16.5. The predicted octanol–water partition coefficient (Wildman–Crippen LogP) is 2.78. The van der Waals surface area contributed by atoms with Crippen LogP contribution in [-0.2, 0) is 6.42 Å². The van der Waals surface area contributed by atoms with Gasteiger partial charge in [-0.3, -0.25) is 14.8 Å². The maximum absolute atomic E-state index is 12.5. The van der Waals surface area contributed by atoms with Gasteiger partial charge in [0, 0.05) is 42.7 Å². The Labute approximate surface area is 145 Å². The van der Waals surface area contributed by atoms with Crippen LogP contribution < -0.4 is 10.4 Å². The van der Waals surface area contributed by atoms with Gasteiger partial charge in [0.2, 0.25) is 0 Å². The van der Waals surface area contributed by atoms with Crippen molar-refractivity contribution in [3.05, 3.63) is 65.4 Å². The molecule has 1 aromatic heterocycles. The Morgan fingerprint density at radius 3 is 2.44 bits per heavy atom. The number of nitrogens with one attached hydrogen (secondary N) is 2. The minimum Gasteiger partial charge on any atom is -0.378 e. The molecule has 0 radical (unpaired) electrons. The smallest absolute Gasteiger partial charge is 0.291 e. The Bertz CT molecular complexity index is 927. The largest absolute Gasteiger partial charge is 0.378 e. The second kappa shape index (κ2) is 6.78. The lowest BCUT2D eigenvalue weighted by molar-refractivity contribution is 0.0701. The molecular formula is C19H19N3O3. The van der Waals surface area contributed by atoms with E-state index in [0.29, 0.717) is 5.56 Å². The fourth-order valence-electron chi connectivity index (χ4n) is 2.71. The number of hydroxylamine groups is 1. The molecule has 1 heterocycles. The Morgan fingerprint density at radius 2 is 1.80 bits per heavy atom. The average molecular weight is 337 g/mol. The van der Waals surface area contributed by atoms with Crippen molar-refractivity contribution in [2.45, 2.75) is 6.42 Å². The number of Topliss-reactive ketones (excluding diaryl/α,β-unsaturated/α-hetero) is 1. The molecule has 1 amide bonds. The monoisotopic (exact) mass is 337 g/mol. The summed E-state index contributed by atoms with van der Waals surface area (Å²) in [7, 11) is 3.91. The van der Waals surface area contributed by atoms with Crippen LogP contribution in [0.25, 0.3) is 10.9 Å². The number of fused-ring (bicyclic) bond motifs is 1. The van der Waals surface area contributed by atoms with E-state index in [0.717, 1.165) is 22.2 Å². The van der Waals surface area contributed by atoms with Crippen LogP contribution in [0.1, 0.15) is 26.4 Å². The molecule has 0 saturated carbocycles. The Morgan fingerprint density at radius 1 is 1.08 bits per heavy atom. The van der Waals surface area contributed by atoms with E-state index in [1.165, 1.54) is 0 Å². The molecule has 2 aromatic carbocycles. The third kappa shape index (κ3) is 3.54. The van der Waals surface area contributed by atoms with E-state index in [9.17, 15) is 9.59 Å². The summed E-state index contributed by atoms with van der Waals surface area (Å²) in [6.45, 7) is 0. The van der Waals surface area contributed by atoms with Gasteiger partial charge in [-0.25, -0.2) is 5.48 Å². The van der Waals surface area contributed by atoms with Gasteiger partial charge in [-0.05, 0) is 48.0 Å². The van der Waals surface area contributed by atoms with Crippen LogP contribution >= 0.6 is 0 Å². The number of nitrogens with zero attached hydrogens (tertiary/aromatic N) is 1. The lowest BCUT2D eigenvalue weighted by Crippen LogP contribution is -2.18.